The lowest BCUT2D eigenvalue weighted by molar-refractivity contribution is -0.121. The van der Waals surface area contributed by atoms with Crippen molar-refractivity contribution >= 4 is 33.9 Å². The summed E-state index contributed by atoms with van der Waals surface area (Å²) in [6.45, 7) is 9.09. The summed E-state index contributed by atoms with van der Waals surface area (Å²) in [6, 6.07) is 8.06. The molecule has 2 aromatic rings. The Morgan fingerprint density at radius 1 is 1.18 bits per heavy atom. The van der Waals surface area contributed by atoms with Crippen LogP contribution in [0.1, 0.15) is 41.0 Å². The highest BCUT2D eigenvalue weighted by atomic mass is 32.2. The van der Waals surface area contributed by atoms with E-state index in [0.29, 0.717) is 16.8 Å². The molecule has 0 aliphatic heterocycles. The maximum Gasteiger partial charge on any atom is 0.408 e. The van der Waals surface area contributed by atoms with Gasteiger partial charge < -0.3 is 10.1 Å². The summed E-state index contributed by atoms with van der Waals surface area (Å²) >= 11 is 0. The summed E-state index contributed by atoms with van der Waals surface area (Å²) in [5, 5.41) is 3.40. The van der Waals surface area contributed by atoms with Gasteiger partial charge in [-0.1, -0.05) is 32.0 Å². The number of benzene rings is 1. The quantitative estimate of drug-likeness (QED) is 0.768. The van der Waals surface area contributed by atoms with Crippen molar-refractivity contribution in [3.63, 3.8) is 0 Å². The van der Waals surface area contributed by atoms with Crippen molar-refractivity contribution in [1.82, 2.24) is 15.0 Å². The number of fused-ring (bicyclic) bond motifs is 1. The fraction of sp³-hybridized carbons (Fsp3) is 0.450. The van der Waals surface area contributed by atoms with E-state index in [-0.39, 0.29) is 5.92 Å². The summed E-state index contributed by atoms with van der Waals surface area (Å²) in [4.78, 5) is 29.5. The second-order valence-corrected chi connectivity index (χ2v) is 9.08. The number of hydrogen-bond acceptors (Lipinski definition) is 5. The van der Waals surface area contributed by atoms with E-state index >= 15 is 0 Å². The van der Waals surface area contributed by atoms with Gasteiger partial charge in [0.2, 0.25) is 0 Å². The minimum absolute atomic E-state index is 0.137. The van der Waals surface area contributed by atoms with E-state index in [1.807, 2.05) is 26.0 Å². The largest absolute Gasteiger partial charge is 0.444 e. The lowest BCUT2D eigenvalue weighted by atomic mass is 10.0. The fourth-order valence-corrected chi connectivity index (χ4v) is 3.58. The molecule has 7 nitrogen and oxygen atoms in total. The highest BCUT2D eigenvalue weighted by Crippen LogP contribution is 2.18. The zero-order valence-electron chi connectivity index (χ0n) is 16.8. The molecule has 2 atom stereocenters. The number of nitrogens with zero attached hydrogens (tertiary/aromatic N) is 1. The van der Waals surface area contributed by atoms with Crippen LogP contribution in [0.4, 0.5) is 4.79 Å². The Kier molecular flexibility index (Phi) is 7.12. The number of carbonyl (C=O) groups is 2. The predicted molar refractivity (Wildman–Crippen MR) is 109 cm³/mol. The van der Waals surface area contributed by atoms with Gasteiger partial charge in [0.05, 0.1) is 10.4 Å². The number of pyridine rings is 1. The van der Waals surface area contributed by atoms with Crippen molar-refractivity contribution in [2.45, 2.75) is 57.6 Å². The number of nitrogens with one attached hydrogen (secondary N) is 2. The first-order chi connectivity index (χ1) is 13.1. The second kappa shape index (κ2) is 9.14. The number of aromatic nitrogens is 1. The third-order valence-electron chi connectivity index (χ3n) is 3.70. The lowest BCUT2D eigenvalue weighted by Crippen LogP contribution is -2.49. The van der Waals surface area contributed by atoms with Gasteiger partial charge in [-0.25, -0.2) is 9.00 Å². The van der Waals surface area contributed by atoms with Crippen molar-refractivity contribution in [3.8, 4) is 0 Å². The Morgan fingerprint density at radius 3 is 2.50 bits per heavy atom. The van der Waals surface area contributed by atoms with Crippen LogP contribution in [0.5, 0.6) is 0 Å². The number of para-hydroxylation sites is 1. The molecular weight excluding hydrogens is 378 g/mol. The molecule has 2 amide bonds. The topological polar surface area (TPSA) is 97.4 Å². The molecule has 0 aliphatic rings. The molecule has 1 heterocycles. The van der Waals surface area contributed by atoms with Crippen LogP contribution in [0.15, 0.2) is 41.4 Å². The molecule has 0 radical (unpaired) electrons. The van der Waals surface area contributed by atoms with Crippen molar-refractivity contribution in [1.29, 1.82) is 0 Å². The van der Waals surface area contributed by atoms with Crippen LogP contribution in [0.2, 0.25) is 0 Å². The van der Waals surface area contributed by atoms with Crippen LogP contribution < -0.4 is 10.0 Å². The van der Waals surface area contributed by atoms with Gasteiger partial charge in [-0.15, -0.1) is 0 Å². The second-order valence-electron chi connectivity index (χ2n) is 7.89. The van der Waals surface area contributed by atoms with Gasteiger partial charge in [-0.05, 0) is 45.2 Å². The minimum atomic E-state index is -1.81. The highest BCUT2D eigenvalue weighted by molar-refractivity contribution is 7.83. The normalized spacial score (nSPS) is 13.8. The van der Waals surface area contributed by atoms with Gasteiger partial charge in [-0.3, -0.25) is 14.5 Å². The van der Waals surface area contributed by atoms with E-state index in [1.54, 1.807) is 45.2 Å². The van der Waals surface area contributed by atoms with Crippen LogP contribution in [0.3, 0.4) is 0 Å². The van der Waals surface area contributed by atoms with Crippen molar-refractivity contribution in [3.05, 3.63) is 36.5 Å². The maximum atomic E-state index is 12.8. The molecule has 0 saturated heterocycles. The molecule has 0 saturated carbocycles. The van der Waals surface area contributed by atoms with E-state index in [1.165, 1.54) is 0 Å². The first kappa shape index (κ1) is 21.8. The third kappa shape index (κ3) is 6.30. The Labute approximate surface area is 167 Å². The van der Waals surface area contributed by atoms with Gasteiger partial charge in [0, 0.05) is 11.6 Å². The SMILES string of the molecule is CC(C)CC(NC(=O)OC(C)(C)C)C(=O)NS(=O)c1cccc2cccnc12. The van der Waals surface area contributed by atoms with E-state index < -0.39 is 34.6 Å². The first-order valence-corrected chi connectivity index (χ1v) is 10.3. The molecule has 28 heavy (non-hydrogen) atoms. The Balaban J connectivity index is 2.15. The molecular formula is C20H27N3O4S. The number of amides is 2. The molecule has 8 heteroatoms. The molecule has 0 spiro atoms. The Hall–Kier alpha value is -2.48. The summed E-state index contributed by atoms with van der Waals surface area (Å²) < 4.78 is 20.5. The number of hydrogen-bond donors (Lipinski definition) is 2. The molecule has 0 aliphatic carbocycles. The van der Waals surface area contributed by atoms with Crippen LogP contribution in [0.25, 0.3) is 10.9 Å². The summed E-state index contributed by atoms with van der Waals surface area (Å²) in [5.74, 6) is -0.399. The predicted octanol–water partition coefficient (Wildman–Crippen LogP) is 3.31. The van der Waals surface area contributed by atoms with Gasteiger partial charge >= 0.3 is 6.09 Å². The molecule has 2 rings (SSSR count). The third-order valence-corrected chi connectivity index (χ3v) is 4.82. The zero-order chi connectivity index (χ0) is 20.9. The monoisotopic (exact) mass is 405 g/mol. The van der Waals surface area contributed by atoms with Gasteiger partial charge in [0.1, 0.15) is 11.6 Å². The Morgan fingerprint density at radius 2 is 1.86 bits per heavy atom. The molecule has 1 aromatic carbocycles. The van der Waals surface area contributed by atoms with Crippen molar-refractivity contribution in [2.75, 3.05) is 0 Å². The van der Waals surface area contributed by atoms with Crippen LogP contribution in [-0.2, 0) is 20.5 Å². The van der Waals surface area contributed by atoms with E-state index in [4.69, 9.17) is 4.74 Å². The van der Waals surface area contributed by atoms with Gasteiger partial charge in [0.25, 0.3) is 5.91 Å². The van der Waals surface area contributed by atoms with Crippen molar-refractivity contribution in [2.24, 2.45) is 5.92 Å². The van der Waals surface area contributed by atoms with Gasteiger partial charge in [-0.2, -0.15) is 0 Å². The van der Waals surface area contributed by atoms with Gasteiger partial charge in [0.15, 0.2) is 11.0 Å². The fourth-order valence-electron chi connectivity index (χ4n) is 2.60. The molecule has 2 unspecified atom stereocenters. The average molecular weight is 406 g/mol. The number of ether oxygens (including phenoxy) is 1. The van der Waals surface area contributed by atoms with E-state index in [9.17, 15) is 13.8 Å². The highest BCUT2D eigenvalue weighted by Gasteiger charge is 2.26. The molecule has 0 fully saturated rings. The Bertz CT molecular complexity index is 872. The lowest BCUT2D eigenvalue weighted by Gasteiger charge is -2.24. The number of rotatable bonds is 6. The average Bonchev–Trinajstić information content (AvgIpc) is 2.58. The molecule has 1 aromatic heterocycles. The molecule has 0 bridgehead atoms. The maximum absolute atomic E-state index is 12.8. The standard InChI is InChI=1S/C20H27N3O4S/c1-13(2)12-15(22-19(25)27-20(3,4)5)18(24)23-28(26)16-10-6-8-14-9-7-11-21-17(14)16/h6-11,13,15H,12H2,1-5H3,(H,22,25)(H,23,24). The minimum Gasteiger partial charge on any atom is -0.444 e. The smallest absolute Gasteiger partial charge is 0.408 e. The molecule has 152 valence electrons. The molecule has 2 N–H and O–H groups in total. The van der Waals surface area contributed by atoms with Crippen LogP contribution in [-0.4, -0.2) is 32.8 Å². The summed E-state index contributed by atoms with van der Waals surface area (Å²) in [5.41, 5.74) is -0.121. The zero-order valence-corrected chi connectivity index (χ0v) is 17.6. The summed E-state index contributed by atoms with van der Waals surface area (Å²) in [6.07, 6.45) is 1.30. The number of carbonyl (C=O) groups excluding carboxylic acids is 2. The van der Waals surface area contributed by atoms with Crippen molar-refractivity contribution < 1.29 is 18.5 Å². The van der Waals surface area contributed by atoms with E-state index in [2.05, 4.69) is 15.0 Å². The first-order valence-electron chi connectivity index (χ1n) is 9.12. The number of alkyl carbamates (subject to hydrolysis) is 1. The van der Waals surface area contributed by atoms with Crippen LogP contribution in [0, 0.1) is 5.92 Å². The van der Waals surface area contributed by atoms with Crippen LogP contribution >= 0.6 is 0 Å². The van der Waals surface area contributed by atoms with E-state index in [0.717, 1.165) is 5.39 Å². The summed E-state index contributed by atoms with van der Waals surface area (Å²) in [7, 11) is -1.81.